The van der Waals surface area contributed by atoms with Gasteiger partial charge in [0.15, 0.2) is 0 Å². The second kappa shape index (κ2) is 5.42. The van der Waals surface area contributed by atoms with Gasteiger partial charge >= 0.3 is 0 Å². The number of aromatic nitrogens is 1. The predicted molar refractivity (Wildman–Crippen MR) is 107 cm³/mol. The summed E-state index contributed by atoms with van der Waals surface area (Å²) in [4.78, 5) is 5.08. The topological polar surface area (TPSA) is 12.9 Å². The molecule has 0 N–H and O–H groups in total. The molecular weight excluding hydrogens is 302 g/mol. The van der Waals surface area contributed by atoms with E-state index < -0.39 is 0 Å². The number of hydrogen-bond donors (Lipinski definition) is 0. The average molecular weight is 319 g/mol. The molecule has 118 valence electrons. The Balaban J connectivity index is 1.89. The van der Waals surface area contributed by atoms with Crippen molar-refractivity contribution in [2.45, 2.75) is 6.92 Å². The summed E-state index contributed by atoms with van der Waals surface area (Å²) in [5, 5.41) is 6.17. The van der Waals surface area contributed by atoms with Crippen LogP contribution in [0.2, 0.25) is 0 Å². The Morgan fingerprint density at radius 3 is 2.12 bits per heavy atom. The first kappa shape index (κ1) is 14.2. The fourth-order valence-electron chi connectivity index (χ4n) is 3.72. The van der Waals surface area contributed by atoms with Crippen molar-refractivity contribution in [2.24, 2.45) is 0 Å². The molecule has 0 aliphatic rings. The van der Waals surface area contributed by atoms with Gasteiger partial charge in [-0.1, -0.05) is 78.9 Å². The van der Waals surface area contributed by atoms with Crippen molar-refractivity contribution in [1.29, 1.82) is 0 Å². The van der Waals surface area contributed by atoms with Crippen molar-refractivity contribution >= 4 is 32.4 Å². The van der Waals surface area contributed by atoms with Crippen molar-refractivity contribution in [2.75, 3.05) is 0 Å². The number of benzene rings is 4. The molecule has 4 aromatic carbocycles. The van der Waals surface area contributed by atoms with E-state index >= 15 is 0 Å². The molecule has 0 fully saturated rings. The summed E-state index contributed by atoms with van der Waals surface area (Å²) < 4.78 is 0. The van der Waals surface area contributed by atoms with E-state index in [4.69, 9.17) is 4.98 Å². The van der Waals surface area contributed by atoms with Crippen LogP contribution in [0.25, 0.3) is 43.7 Å². The molecule has 0 atom stereocenters. The highest BCUT2D eigenvalue weighted by Gasteiger charge is 2.10. The Morgan fingerprint density at radius 2 is 1.28 bits per heavy atom. The summed E-state index contributed by atoms with van der Waals surface area (Å²) in [7, 11) is 0. The molecule has 0 bridgehead atoms. The maximum absolute atomic E-state index is 5.08. The Hall–Kier alpha value is -3.19. The van der Waals surface area contributed by atoms with Crippen LogP contribution in [0.1, 0.15) is 5.56 Å². The van der Waals surface area contributed by atoms with E-state index in [-0.39, 0.29) is 0 Å². The van der Waals surface area contributed by atoms with Gasteiger partial charge < -0.3 is 0 Å². The lowest BCUT2D eigenvalue weighted by molar-refractivity contribution is 1.38. The van der Waals surface area contributed by atoms with E-state index in [9.17, 15) is 0 Å². The quantitative estimate of drug-likeness (QED) is 0.321. The van der Waals surface area contributed by atoms with E-state index in [1.165, 1.54) is 38.1 Å². The molecule has 1 nitrogen and oxygen atoms in total. The normalized spacial score (nSPS) is 11.4. The van der Waals surface area contributed by atoms with Crippen LogP contribution in [0, 0.1) is 6.92 Å². The molecule has 0 amide bonds. The largest absolute Gasteiger partial charge is 0.247 e. The fraction of sp³-hybridized carbons (Fsp3) is 0.0417. The first-order valence-corrected chi connectivity index (χ1v) is 8.58. The van der Waals surface area contributed by atoms with Gasteiger partial charge in [-0.2, -0.15) is 0 Å². The van der Waals surface area contributed by atoms with Gasteiger partial charge in [0.25, 0.3) is 0 Å². The number of rotatable bonds is 1. The zero-order valence-corrected chi connectivity index (χ0v) is 14.0. The fourth-order valence-corrected chi connectivity index (χ4v) is 3.72. The van der Waals surface area contributed by atoms with Gasteiger partial charge in [-0.3, -0.25) is 0 Å². The van der Waals surface area contributed by atoms with Crippen LogP contribution in [0.3, 0.4) is 0 Å². The highest BCUT2D eigenvalue weighted by molar-refractivity contribution is 6.07. The number of nitrogens with zero attached hydrogens (tertiary/aromatic N) is 1. The maximum atomic E-state index is 5.08. The molecule has 0 aliphatic carbocycles. The minimum Gasteiger partial charge on any atom is -0.247 e. The SMILES string of the molecule is Cc1cc(-c2cccc3ccccc23)nc2c1ccc1ccccc12. The van der Waals surface area contributed by atoms with Crippen molar-refractivity contribution in [3.63, 3.8) is 0 Å². The minimum absolute atomic E-state index is 1.04. The Morgan fingerprint density at radius 1 is 0.600 bits per heavy atom. The first-order valence-electron chi connectivity index (χ1n) is 8.58. The molecule has 25 heavy (non-hydrogen) atoms. The molecular formula is C24H17N. The molecule has 0 spiro atoms. The lowest BCUT2D eigenvalue weighted by Crippen LogP contribution is -1.91. The lowest BCUT2D eigenvalue weighted by atomic mass is 9.98. The number of pyridine rings is 1. The molecule has 5 rings (SSSR count). The van der Waals surface area contributed by atoms with Crippen LogP contribution in [-0.2, 0) is 0 Å². The highest BCUT2D eigenvalue weighted by atomic mass is 14.7. The molecule has 0 aliphatic heterocycles. The third-order valence-corrected chi connectivity index (χ3v) is 4.98. The average Bonchev–Trinajstić information content (AvgIpc) is 2.67. The zero-order chi connectivity index (χ0) is 16.8. The van der Waals surface area contributed by atoms with Crippen LogP contribution < -0.4 is 0 Å². The van der Waals surface area contributed by atoms with Gasteiger partial charge in [-0.05, 0) is 34.7 Å². The highest BCUT2D eigenvalue weighted by Crippen LogP contribution is 2.32. The van der Waals surface area contributed by atoms with Gasteiger partial charge in [0.2, 0.25) is 0 Å². The summed E-state index contributed by atoms with van der Waals surface area (Å²) in [6.07, 6.45) is 0. The van der Waals surface area contributed by atoms with E-state index in [1.54, 1.807) is 0 Å². The number of hydrogen-bond acceptors (Lipinski definition) is 1. The zero-order valence-electron chi connectivity index (χ0n) is 14.0. The van der Waals surface area contributed by atoms with E-state index in [0.29, 0.717) is 0 Å². The van der Waals surface area contributed by atoms with Crippen LogP contribution >= 0.6 is 0 Å². The summed E-state index contributed by atoms with van der Waals surface area (Å²) >= 11 is 0. The molecule has 0 saturated heterocycles. The van der Waals surface area contributed by atoms with Crippen molar-refractivity contribution in [3.05, 3.63) is 90.5 Å². The smallest absolute Gasteiger partial charge is 0.0790 e. The minimum atomic E-state index is 1.04. The molecule has 0 radical (unpaired) electrons. The van der Waals surface area contributed by atoms with E-state index in [0.717, 1.165) is 11.2 Å². The third-order valence-electron chi connectivity index (χ3n) is 4.98. The van der Waals surface area contributed by atoms with Gasteiger partial charge in [-0.25, -0.2) is 4.98 Å². The Labute approximate surface area is 146 Å². The summed E-state index contributed by atoms with van der Waals surface area (Å²) in [6, 6.07) is 30.0. The second-order valence-corrected chi connectivity index (χ2v) is 6.53. The van der Waals surface area contributed by atoms with Crippen LogP contribution in [0.4, 0.5) is 0 Å². The summed E-state index contributed by atoms with van der Waals surface area (Å²) in [5.41, 5.74) is 4.58. The maximum Gasteiger partial charge on any atom is 0.0790 e. The molecule has 1 aromatic heterocycles. The van der Waals surface area contributed by atoms with Crippen molar-refractivity contribution in [1.82, 2.24) is 4.98 Å². The van der Waals surface area contributed by atoms with Crippen LogP contribution in [-0.4, -0.2) is 4.98 Å². The van der Waals surface area contributed by atoms with Crippen LogP contribution in [0.15, 0.2) is 84.9 Å². The summed E-state index contributed by atoms with van der Waals surface area (Å²) in [6.45, 7) is 2.17. The molecule has 0 saturated carbocycles. The van der Waals surface area contributed by atoms with E-state index in [1.807, 2.05) is 0 Å². The monoisotopic (exact) mass is 319 g/mol. The molecule has 1 heterocycles. The van der Waals surface area contributed by atoms with Crippen molar-refractivity contribution in [3.8, 4) is 11.3 Å². The first-order chi connectivity index (χ1) is 12.3. The van der Waals surface area contributed by atoms with Crippen molar-refractivity contribution < 1.29 is 0 Å². The Bertz CT molecular complexity index is 1250. The van der Waals surface area contributed by atoms with E-state index in [2.05, 4.69) is 91.9 Å². The standard InChI is InChI=1S/C24H17N/c1-16-15-23(22-12-6-9-17-7-2-4-10-20(17)22)25-24-19(16)14-13-18-8-3-5-11-21(18)24/h2-15H,1H3. The van der Waals surface area contributed by atoms with Gasteiger partial charge in [0.1, 0.15) is 0 Å². The number of aryl methyl sites for hydroxylation is 1. The second-order valence-electron chi connectivity index (χ2n) is 6.53. The van der Waals surface area contributed by atoms with Gasteiger partial charge in [-0.15, -0.1) is 0 Å². The third kappa shape index (κ3) is 2.20. The predicted octanol–water partition coefficient (Wildman–Crippen LogP) is 6.52. The Kier molecular flexibility index (Phi) is 3.07. The molecule has 0 unspecified atom stereocenters. The van der Waals surface area contributed by atoms with Gasteiger partial charge in [0, 0.05) is 16.3 Å². The summed E-state index contributed by atoms with van der Waals surface area (Å²) in [5.74, 6) is 0. The van der Waals surface area contributed by atoms with Crippen LogP contribution in [0.5, 0.6) is 0 Å². The van der Waals surface area contributed by atoms with Gasteiger partial charge in [0.05, 0.1) is 11.2 Å². The lowest BCUT2D eigenvalue weighted by Gasteiger charge is -2.11. The molecule has 1 heteroatoms. The number of fused-ring (bicyclic) bond motifs is 4. The molecule has 5 aromatic rings.